The molecule has 0 radical (unpaired) electrons. The van der Waals surface area contributed by atoms with Gasteiger partial charge in [0.1, 0.15) is 0 Å². The zero-order valence-electron chi connectivity index (χ0n) is 14.0. The van der Waals surface area contributed by atoms with Crippen molar-refractivity contribution in [1.82, 2.24) is 20.4 Å². The lowest BCUT2D eigenvalue weighted by molar-refractivity contribution is -0.123. The van der Waals surface area contributed by atoms with E-state index in [0.29, 0.717) is 19.1 Å². The molecule has 1 N–H and O–H groups in total. The van der Waals surface area contributed by atoms with Crippen molar-refractivity contribution in [3.05, 3.63) is 11.7 Å². The molecule has 1 aromatic rings. The summed E-state index contributed by atoms with van der Waals surface area (Å²) < 4.78 is 10.4. The topological polar surface area (TPSA) is 80.5 Å². The van der Waals surface area contributed by atoms with Gasteiger partial charge in [-0.2, -0.15) is 4.98 Å². The van der Waals surface area contributed by atoms with Crippen LogP contribution in [0.1, 0.15) is 56.2 Å². The molecule has 1 amide bonds. The summed E-state index contributed by atoms with van der Waals surface area (Å²) in [6.07, 6.45) is 4.44. The van der Waals surface area contributed by atoms with Gasteiger partial charge in [-0.05, 0) is 39.2 Å². The molecule has 0 bridgehead atoms. The molecule has 2 heterocycles. The SMILES string of the molecule is COC[C@@H](C)NC(=O)CN1CCC[C@@H](c2noc(C3CC3)n2)C1. The van der Waals surface area contributed by atoms with E-state index in [0.717, 1.165) is 50.5 Å². The number of carbonyl (C=O) groups is 1. The summed E-state index contributed by atoms with van der Waals surface area (Å²) in [5.41, 5.74) is 0. The number of piperidine rings is 1. The first-order chi connectivity index (χ1) is 11.2. The van der Waals surface area contributed by atoms with Crippen LogP contribution >= 0.6 is 0 Å². The number of methoxy groups -OCH3 is 1. The van der Waals surface area contributed by atoms with E-state index in [1.54, 1.807) is 7.11 Å². The van der Waals surface area contributed by atoms with Crippen molar-refractivity contribution in [2.45, 2.75) is 50.5 Å². The highest BCUT2D eigenvalue weighted by Gasteiger charge is 2.32. The van der Waals surface area contributed by atoms with Crippen molar-refractivity contribution in [2.24, 2.45) is 0 Å². The maximum Gasteiger partial charge on any atom is 0.234 e. The van der Waals surface area contributed by atoms with Crippen LogP contribution in [0.15, 0.2) is 4.52 Å². The van der Waals surface area contributed by atoms with E-state index < -0.39 is 0 Å². The third-order valence-electron chi connectivity index (χ3n) is 4.45. The number of ether oxygens (including phenoxy) is 1. The Kier molecular flexibility index (Phi) is 5.27. The van der Waals surface area contributed by atoms with Gasteiger partial charge in [-0.25, -0.2) is 0 Å². The fraction of sp³-hybridized carbons (Fsp3) is 0.812. The van der Waals surface area contributed by atoms with Gasteiger partial charge in [-0.3, -0.25) is 9.69 Å². The molecule has 3 rings (SSSR count). The fourth-order valence-corrected chi connectivity index (χ4v) is 3.13. The molecular weight excluding hydrogens is 296 g/mol. The highest BCUT2D eigenvalue weighted by Crippen LogP contribution is 2.39. The number of amides is 1. The number of aromatic nitrogens is 2. The van der Waals surface area contributed by atoms with Gasteiger partial charge in [0, 0.05) is 31.5 Å². The molecule has 2 fully saturated rings. The zero-order chi connectivity index (χ0) is 16.2. The third kappa shape index (κ3) is 4.51. The molecule has 23 heavy (non-hydrogen) atoms. The number of carbonyl (C=O) groups excluding carboxylic acids is 1. The van der Waals surface area contributed by atoms with Crippen LogP contribution in [-0.4, -0.2) is 60.3 Å². The van der Waals surface area contributed by atoms with Gasteiger partial charge in [0.15, 0.2) is 5.82 Å². The molecule has 0 aromatic carbocycles. The first kappa shape index (κ1) is 16.4. The van der Waals surface area contributed by atoms with Crippen LogP contribution < -0.4 is 5.32 Å². The van der Waals surface area contributed by atoms with Gasteiger partial charge in [0.25, 0.3) is 0 Å². The Morgan fingerprint density at radius 3 is 3.00 bits per heavy atom. The molecule has 1 aromatic heterocycles. The predicted molar refractivity (Wildman–Crippen MR) is 84.2 cm³/mol. The van der Waals surface area contributed by atoms with E-state index in [9.17, 15) is 4.79 Å². The van der Waals surface area contributed by atoms with Gasteiger partial charge in [-0.1, -0.05) is 5.16 Å². The number of likely N-dealkylation sites (tertiary alicyclic amines) is 1. The molecule has 0 unspecified atom stereocenters. The van der Waals surface area contributed by atoms with Crippen molar-refractivity contribution >= 4 is 5.91 Å². The molecular formula is C16H26N4O3. The molecule has 1 saturated carbocycles. The first-order valence-corrected chi connectivity index (χ1v) is 8.50. The normalized spacial score (nSPS) is 23.7. The smallest absolute Gasteiger partial charge is 0.234 e. The van der Waals surface area contributed by atoms with E-state index in [1.165, 1.54) is 0 Å². The summed E-state index contributed by atoms with van der Waals surface area (Å²) in [6.45, 7) is 4.64. The summed E-state index contributed by atoms with van der Waals surface area (Å²) in [6, 6.07) is 0.0337. The number of hydrogen-bond acceptors (Lipinski definition) is 6. The van der Waals surface area contributed by atoms with Gasteiger partial charge >= 0.3 is 0 Å². The Labute approximate surface area is 136 Å². The van der Waals surface area contributed by atoms with Crippen molar-refractivity contribution in [2.75, 3.05) is 33.4 Å². The lowest BCUT2D eigenvalue weighted by atomic mass is 9.97. The zero-order valence-corrected chi connectivity index (χ0v) is 14.0. The Morgan fingerprint density at radius 2 is 2.26 bits per heavy atom. The maximum atomic E-state index is 12.1. The second kappa shape index (κ2) is 7.40. The Morgan fingerprint density at radius 1 is 1.43 bits per heavy atom. The Bertz CT molecular complexity index is 529. The summed E-state index contributed by atoms with van der Waals surface area (Å²) in [5, 5.41) is 7.11. The lowest BCUT2D eigenvalue weighted by Gasteiger charge is -2.30. The number of nitrogens with one attached hydrogen (secondary N) is 1. The molecule has 0 spiro atoms. The monoisotopic (exact) mass is 322 g/mol. The minimum absolute atomic E-state index is 0.0337. The van der Waals surface area contributed by atoms with Crippen LogP contribution in [0.25, 0.3) is 0 Å². The van der Waals surface area contributed by atoms with Crippen LogP contribution in [0, 0.1) is 0 Å². The number of hydrogen-bond donors (Lipinski definition) is 1. The second-order valence-electron chi connectivity index (χ2n) is 6.76. The van der Waals surface area contributed by atoms with Crippen LogP contribution in [0.2, 0.25) is 0 Å². The highest BCUT2D eigenvalue weighted by molar-refractivity contribution is 5.78. The van der Waals surface area contributed by atoms with E-state index in [-0.39, 0.29) is 17.9 Å². The molecule has 1 saturated heterocycles. The molecule has 1 aliphatic heterocycles. The number of nitrogens with zero attached hydrogens (tertiary/aromatic N) is 3. The predicted octanol–water partition coefficient (Wildman–Crippen LogP) is 1.28. The molecule has 2 atom stereocenters. The summed E-state index contributed by atoms with van der Waals surface area (Å²) in [5.74, 6) is 2.41. The van der Waals surface area contributed by atoms with Gasteiger partial charge in [-0.15, -0.1) is 0 Å². The summed E-state index contributed by atoms with van der Waals surface area (Å²) in [4.78, 5) is 18.8. The van der Waals surface area contributed by atoms with Crippen molar-refractivity contribution in [3.63, 3.8) is 0 Å². The van der Waals surface area contributed by atoms with Crippen LogP contribution in [0.4, 0.5) is 0 Å². The molecule has 128 valence electrons. The molecule has 1 aliphatic carbocycles. The standard InChI is InChI=1S/C16H26N4O3/c1-11(10-22-2)17-14(21)9-20-7-3-4-13(8-20)15-18-16(23-19-15)12-5-6-12/h11-13H,3-10H2,1-2H3,(H,17,21)/t11-,13-/m1/s1. The Hall–Kier alpha value is -1.47. The van der Waals surface area contributed by atoms with Crippen LogP contribution in [-0.2, 0) is 9.53 Å². The third-order valence-corrected chi connectivity index (χ3v) is 4.45. The van der Waals surface area contributed by atoms with Crippen molar-refractivity contribution in [3.8, 4) is 0 Å². The minimum atomic E-state index is 0.0337. The Balaban J connectivity index is 1.50. The maximum absolute atomic E-state index is 12.1. The quantitative estimate of drug-likeness (QED) is 0.814. The first-order valence-electron chi connectivity index (χ1n) is 8.50. The lowest BCUT2D eigenvalue weighted by Crippen LogP contribution is -2.45. The number of rotatable bonds is 7. The average molecular weight is 322 g/mol. The van der Waals surface area contributed by atoms with Gasteiger partial charge in [0.05, 0.1) is 13.2 Å². The van der Waals surface area contributed by atoms with Crippen molar-refractivity contribution < 1.29 is 14.1 Å². The molecule has 2 aliphatic rings. The van der Waals surface area contributed by atoms with Crippen LogP contribution in [0.3, 0.4) is 0 Å². The second-order valence-corrected chi connectivity index (χ2v) is 6.76. The van der Waals surface area contributed by atoms with E-state index in [4.69, 9.17) is 9.26 Å². The van der Waals surface area contributed by atoms with Gasteiger partial charge in [0.2, 0.25) is 11.8 Å². The van der Waals surface area contributed by atoms with E-state index in [1.807, 2.05) is 6.92 Å². The summed E-state index contributed by atoms with van der Waals surface area (Å²) in [7, 11) is 1.64. The average Bonchev–Trinajstić information content (AvgIpc) is 3.25. The largest absolute Gasteiger partial charge is 0.383 e. The highest BCUT2D eigenvalue weighted by atomic mass is 16.5. The van der Waals surface area contributed by atoms with Crippen molar-refractivity contribution in [1.29, 1.82) is 0 Å². The minimum Gasteiger partial charge on any atom is -0.383 e. The molecule has 7 nitrogen and oxygen atoms in total. The summed E-state index contributed by atoms with van der Waals surface area (Å²) >= 11 is 0. The molecule has 7 heteroatoms. The fourth-order valence-electron chi connectivity index (χ4n) is 3.13. The van der Waals surface area contributed by atoms with E-state index >= 15 is 0 Å². The van der Waals surface area contributed by atoms with Gasteiger partial charge < -0.3 is 14.6 Å². The van der Waals surface area contributed by atoms with Crippen LogP contribution in [0.5, 0.6) is 0 Å². The van der Waals surface area contributed by atoms with E-state index in [2.05, 4.69) is 20.4 Å².